The molecule has 1 heterocycles. The molecule has 0 amide bonds. The van der Waals surface area contributed by atoms with Gasteiger partial charge in [-0.25, -0.2) is 9.24 Å². The van der Waals surface area contributed by atoms with Crippen molar-refractivity contribution < 1.29 is 13.9 Å². The highest BCUT2D eigenvalue weighted by Crippen LogP contribution is 2.58. The van der Waals surface area contributed by atoms with Gasteiger partial charge in [0, 0.05) is 27.5 Å². The first kappa shape index (κ1) is 24.2. The number of hydrogen-bond donors (Lipinski definition) is 0. The highest BCUT2D eigenvalue weighted by atomic mass is 19.1. The lowest BCUT2D eigenvalue weighted by atomic mass is 9.76. The lowest BCUT2D eigenvalue weighted by Gasteiger charge is -2.38. The van der Waals surface area contributed by atoms with Gasteiger partial charge in [0.1, 0.15) is 17.3 Å². The van der Waals surface area contributed by atoms with Gasteiger partial charge in [-0.1, -0.05) is 86.7 Å². The summed E-state index contributed by atoms with van der Waals surface area (Å²) in [6, 6.07) is 28.7. The van der Waals surface area contributed by atoms with Crippen molar-refractivity contribution in [1.29, 1.82) is 0 Å². The van der Waals surface area contributed by atoms with Crippen molar-refractivity contribution in [3.8, 4) is 22.6 Å². The van der Waals surface area contributed by atoms with Crippen LogP contribution >= 0.6 is 0 Å². The van der Waals surface area contributed by atoms with Crippen LogP contribution in [0.5, 0.6) is 11.5 Å². The van der Waals surface area contributed by atoms with E-state index in [1.54, 1.807) is 19.2 Å². The normalized spacial score (nSPS) is 17.9. The Hall–Kier alpha value is -4.88. The van der Waals surface area contributed by atoms with Gasteiger partial charge in [0.05, 0.1) is 13.7 Å². The minimum atomic E-state index is -0.975. The molecule has 1 unspecified atom stereocenters. The van der Waals surface area contributed by atoms with Crippen molar-refractivity contribution in [2.45, 2.75) is 24.9 Å². The Morgan fingerprint density at radius 2 is 1.52 bits per heavy atom. The Kier molecular flexibility index (Phi) is 5.18. The zero-order valence-corrected chi connectivity index (χ0v) is 22.5. The molecule has 4 heteroatoms. The fraction of sp³-hybridized carbons (Fsp3) is 0.139. The van der Waals surface area contributed by atoms with Crippen LogP contribution in [0.15, 0.2) is 97.1 Å². The van der Waals surface area contributed by atoms with Gasteiger partial charge in [0.25, 0.3) is 0 Å². The van der Waals surface area contributed by atoms with E-state index in [1.165, 1.54) is 23.3 Å². The molecule has 0 fully saturated rings. The van der Waals surface area contributed by atoms with Crippen LogP contribution in [-0.4, -0.2) is 7.11 Å². The zero-order valence-electron chi connectivity index (χ0n) is 22.5. The topological polar surface area (TPSA) is 22.8 Å². The quantitative estimate of drug-likeness (QED) is 0.220. The molecule has 0 saturated carbocycles. The second kappa shape index (κ2) is 8.56. The van der Waals surface area contributed by atoms with Crippen LogP contribution in [0.25, 0.3) is 32.8 Å². The van der Waals surface area contributed by atoms with Crippen LogP contribution in [-0.2, 0) is 11.0 Å². The predicted octanol–water partition coefficient (Wildman–Crippen LogP) is 9.19. The lowest BCUT2D eigenvalue weighted by molar-refractivity contribution is 0.163. The molecule has 194 valence electrons. The zero-order chi connectivity index (χ0) is 27.6. The Morgan fingerprint density at radius 1 is 0.850 bits per heavy atom. The number of nitrogens with zero attached hydrogens (tertiary/aromatic N) is 1. The summed E-state index contributed by atoms with van der Waals surface area (Å²) in [5.74, 6) is 1.25. The average molecular weight is 524 g/mol. The molecule has 1 aliphatic carbocycles. The van der Waals surface area contributed by atoms with E-state index in [1.807, 2.05) is 42.5 Å². The Labute approximate surface area is 232 Å². The van der Waals surface area contributed by atoms with Crippen molar-refractivity contribution in [2.24, 2.45) is 0 Å². The van der Waals surface area contributed by atoms with Crippen LogP contribution in [0.2, 0.25) is 0 Å². The van der Waals surface area contributed by atoms with Crippen LogP contribution in [0, 0.1) is 12.4 Å². The summed E-state index contributed by atoms with van der Waals surface area (Å²) in [6.45, 7) is 12.0. The summed E-state index contributed by atoms with van der Waals surface area (Å²) in [5, 5.41) is 2.12. The van der Waals surface area contributed by atoms with E-state index in [-0.39, 0.29) is 11.2 Å². The molecule has 7 rings (SSSR count). The molecule has 0 spiro atoms. The number of rotatable bonds is 3. The largest absolute Gasteiger partial charge is 0.497 e. The monoisotopic (exact) mass is 523 g/mol. The van der Waals surface area contributed by atoms with Gasteiger partial charge in [-0.15, -0.1) is 0 Å². The van der Waals surface area contributed by atoms with Gasteiger partial charge < -0.3 is 9.47 Å². The molecular formula is C36H26FNO2. The molecule has 0 radical (unpaired) electrons. The Morgan fingerprint density at radius 3 is 2.20 bits per heavy atom. The molecule has 2 aliphatic rings. The van der Waals surface area contributed by atoms with Gasteiger partial charge in [-0.2, -0.15) is 0 Å². The Balaban J connectivity index is 1.53. The van der Waals surface area contributed by atoms with Gasteiger partial charge in [-0.3, -0.25) is 0 Å². The van der Waals surface area contributed by atoms with E-state index < -0.39 is 5.60 Å². The summed E-state index contributed by atoms with van der Waals surface area (Å²) >= 11 is 0. The minimum Gasteiger partial charge on any atom is -0.497 e. The maximum absolute atomic E-state index is 14.1. The predicted molar refractivity (Wildman–Crippen MR) is 158 cm³/mol. The van der Waals surface area contributed by atoms with E-state index >= 15 is 0 Å². The van der Waals surface area contributed by atoms with E-state index in [2.05, 4.69) is 55.1 Å². The van der Waals surface area contributed by atoms with Crippen LogP contribution in [0.4, 0.5) is 10.1 Å². The third-order valence-electron chi connectivity index (χ3n) is 8.44. The highest BCUT2D eigenvalue weighted by Gasteiger charge is 2.44. The molecule has 0 aromatic heterocycles. The number of benzene rings is 5. The van der Waals surface area contributed by atoms with Gasteiger partial charge in [-0.05, 0) is 58.0 Å². The molecule has 1 atom stereocenters. The summed E-state index contributed by atoms with van der Waals surface area (Å²) in [6.07, 6.45) is 4.25. The minimum absolute atomic E-state index is 0.296. The average Bonchev–Trinajstić information content (AvgIpc) is 3.23. The summed E-state index contributed by atoms with van der Waals surface area (Å²) in [7, 11) is 1.64. The summed E-state index contributed by atoms with van der Waals surface area (Å²) in [5.41, 5.74) is 6.78. The highest BCUT2D eigenvalue weighted by molar-refractivity contribution is 6.08. The van der Waals surface area contributed by atoms with Gasteiger partial charge in [0.2, 0.25) is 0 Å². The Bertz CT molecular complexity index is 1900. The third kappa shape index (κ3) is 3.28. The molecule has 40 heavy (non-hydrogen) atoms. The second-order valence-electron chi connectivity index (χ2n) is 10.9. The molecule has 0 saturated heterocycles. The van der Waals surface area contributed by atoms with E-state index in [0.717, 1.165) is 50.1 Å². The molecule has 1 aliphatic heterocycles. The van der Waals surface area contributed by atoms with Crippen molar-refractivity contribution in [3.63, 3.8) is 0 Å². The maximum atomic E-state index is 14.1. The first-order valence-electron chi connectivity index (χ1n) is 13.3. The molecule has 0 N–H and O–H groups in total. The number of fused-ring (bicyclic) bond motifs is 8. The number of ether oxygens (including phenoxy) is 2. The molecule has 5 aromatic rings. The third-order valence-corrected chi connectivity index (χ3v) is 8.44. The van der Waals surface area contributed by atoms with E-state index in [0.29, 0.717) is 5.69 Å². The standard InChI is InChI=1S/C36H26FNO2/c1-35(2)31-21-25(38-3)15-18-29(31)32-27-7-5-6-8-28(27)34-30(33(32)35)19-20-36(40-34,22-9-13-24(37)14-10-22)23-11-16-26(39-4)17-12-23/h5-21H,1-2,4H3. The molecule has 3 nitrogen and oxygen atoms in total. The first-order chi connectivity index (χ1) is 19.4. The smallest absolute Gasteiger partial charge is 0.187 e. The molecule has 5 aromatic carbocycles. The fourth-order valence-electron chi connectivity index (χ4n) is 6.51. The van der Waals surface area contributed by atoms with Crippen LogP contribution in [0.1, 0.15) is 41.7 Å². The second-order valence-corrected chi connectivity index (χ2v) is 10.9. The number of methoxy groups -OCH3 is 1. The molecule has 0 bridgehead atoms. The summed E-state index contributed by atoms with van der Waals surface area (Å²) in [4.78, 5) is 3.71. The SMILES string of the molecule is [C-]#[N+]c1ccc2c(c1)C(C)(C)c1c3c(c4ccccc4c1-2)OC(c1ccc(F)cc1)(c1ccc(OC)cc1)C=C3. The van der Waals surface area contributed by atoms with Gasteiger partial charge in [0.15, 0.2) is 11.3 Å². The number of hydrogen-bond acceptors (Lipinski definition) is 2. The van der Waals surface area contributed by atoms with Crippen molar-refractivity contribution in [3.05, 3.63) is 142 Å². The molecular weight excluding hydrogens is 497 g/mol. The lowest BCUT2D eigenvalue weighted by Crippen LogP contribution is -2.35. The van der Waals surface area contributed by atoms with E-state index in [4.69, 9.17) is 16.0 Å². The van der Waals surface area contributed by atoms with Crippen LogP contribution < -0.4 is 9.47 Å². The van der Waals surface area contributed by atoms with Crippen molar-refractivity contribution in [2.75, 3.05) is 7.11 Å². The van der Waals surface area contributed by atoms with Crippen LogP contribution in [0.3, 0.4) is 0 Å². The fourth-order valence-corrected chi connectivity index (χ4v) is 6.51. The van der Waals surface area contributed by atoms with Gasteiger partial charge >= 0.3 is 0 Å². The first-order valence-corrected chi connectivity index (χ1v) is 13.3. The van der Waals surface area contributed by atoms with Crippen molar-refractivity contribution >= 4 is 22.5 Å². The summed E-state index contributed by atoms with van der Waals surface area (Å²) < 4.78 is 26.7. The van der Waals surface area contributed by atoms with Crippen molar-refractivity contribution in [1.82, 2.24) is 0 Å². The van der Waals surface area contributed by atoms with E-state index in [9.17, 15) is 4.39 Å². The number of halogens is 1. The maximum Gasteiger partial charge on any atom is 0.187 e.